The van der Waals surface area contributed by atoms with E-state index in [0.29, 0.717) is 12.8 Å². The second kappa shape index (κ2) is 6.91. The molecule has 0 unspecified atom stereocenters. The fraction of sp³-hybridized carbons (Fsp3) is 0.286. The van der Waals surface area contributed by atoms with Crippen molar-refractivity contribution < 1.29 is 14.3 Å². The van der Waals surface area contributed by atoms with Gasteiger partial charge in [-0.1, -0.05) is 12.1 Å². The molecule has 5 nitrogen and oxygen atoms in total. The van der Waals surface area contributed by atoms with Crippen molar-refractivity contribution in [2.45, 2.75) is 12.8 Å². The van der Waals surface area contributed by atoms with E-state index in [1.807, 2.05) is 29.6 Å². The first-order valence-corrected chi connectivity index (χ1v) is 7.02. The van der Waals surface area contributed by atoms with E-state index in [2.05, 4.69) is 15.0 Å². The Morgan fingerprint density at radius 3 is 2.90 bits per heavy atom. The van der Waals surface area contributed by atoms with Gasteiger partial charge in [0.15, 0.2) is 5.13 Å². The molecule has 1 aromatic heterocycles. The molecule has 0 fully saturated rings. The minimum Gasteiger partial charge on any atom is -0.495 e. The summed E-state index contributed by atoms with van der Waals surface area (Å²) in [4.78, 5) is 15.5. The second-order valence-electron chi connectivity index (χ2n) is 4.05. The number of thiazole rings is 1. The smallest absolute Gasteiger partial charge is 0.305 e. The molecule has 6 heteroatoms. The number of carbonyl (C=O) groups is 1. The van der Waals surface area contributed by atoms with E-state index in [4.69, 9.17) is 4.74 Å². The number of para-hydroxylation sites is 2. The van der Waals surface area contributed by atoms with Crippen LogP contribution in [0.3, 0.4) is 0 Å². The minimum absolute atomic E-state index is 0.225. The normalized spacial score (nSPS) is 10.1. The highest BCUT2D eigenvalue weighted by Gasteiger charge is 2.07. The number of hydrogen-bond donors (Lipinski definition) is 1. The zero-order valence-corrected chi connectivity index (χ0v) is 12.2. The molecule has 1 heterocycles. The van der Waals surface area contributed by atoms with Crippen LogP contribution in [0.2, 0.25) is 0 Å². The number of aromatic nitrogens is 1. The lowest BCUT2D eigenvalue weighted by molar-refractivity contribution is -0.140. The third-order valence-corrected chi connectivity index (χ3v) is 3.52. The van der Waals surface area contributed by atoms with Gasteiger partial charge in [-0.3, -0.25) is 4.79 Å². The maximum Gasteiger partial charge on any atom is 0.305 e. The van der Waals surface area contributed by atoms with Crippen molar-refractivity contribution >= 4 is 28.1 Å². The molecule has 0 aliphatic rings. The minimum atomic E-state index is -0.225. The summed E-state index contributed by atoms with van der Waals surface area (Å²) in [6.45, 7) is 0. The average Bonchev–Trinajstić information content (AvgIpc) is 2.93. The van der Waals surface area contributed by atoms with Crippen LogP contribution < -0.4 is 10.1 Å². The first kappa shape index (κ1) is 14.3. The van der Waals surface area contributed by atoms with Crippen molar-refractivity contribution in [1.29, 1.82) is 0 Å². The number of nitrogens with zero attached hydrogens (tertiary/aromatic N) is 1. The summed E-state index contributed by atoms with van der Waals surface area (Å²) < 4.78 is 9.88. The zero-order valence-electron chi connectivity index (χ0n) is 11.4. The van der Waals surface area contributed by atoms with Crippen molar-refractivity contribution in [2.75, 3.05) is 19.5 Å². The summed E-state index contributed by atoms with van der Waals surface area (Å²) in [5, 5.41) is 5.92. The number of anilines is 2. The van der Waals surface area contributed by atoms with Crippen LogP contribution in [0.15, 0.2) is 29.6 Å². The van der Waals surface area contributed by atoms with Gasteiger partial charge in [0.2, 0.25) is 0 Å². The Kier molecular flexibility index (Phi) is 4.95. The number of ether oxygens (including phenoxy) is 2. The molecule has 0 spiro atoms. The van der Waals surface area contributed by atoms with Crippen molar-refractivity contribution in [2.24, 2.45) is 0 Å². The Morgan fingerprint density at radius 1 is 1.35 bits per heavy atom. The first-order chi connectivity index (χ1) is 9.72. The molecule has 2 rings (SSSR count). The van der Waals surface area contributed by atoms with Crippen molar-refractivity contribution in [3.63, 3.8) is 0 Å². The Labute approximate surface area is 121 Å². The number of aryl methyl sites for hydroxylation is 1. The average molecular weight is 292 g/mol. The maximum absolute atomic E-state index is 11.1. The highest BCUT2D eigenvalue weighted by molar-refractivity contribution is 7.13. The maximum atomic E-state index is 11.1. The third kappa shape index (κ3) is 3.71. The Balaban J connectivity index is 2.00. The number of nitrogens with one attached hydrogen (secondary N) is 1. The van der Waals surface area contributed by atoms with Gasteiger partial charge < -0.3 is 14.8 Å². The predicted molar refractivity (Wildman–Crippen MR) is 78.7 cm³/mol. The number of hydrogen-bond acceptors (Lipinski definition) is 6. The Morgan fingerprint density at radius 2 is 2.15 bits per heavy atom. The van der Waals surface area contributed by atoms with Crippen molar-refractivity contribution in [1.82, 2.24) is 4.98 Å². The van der Waals surface area contributed by atoms with Crippen LogP contribution in [0.4, 0.5) is 10.8 Å². The summed E-state index contributed by atoms with van der Waals surface area (Å²) in [6.07, 6.45) is 0.922. The molecule has 1 N–H and O–H groups in total. The highest BCUT2D eigenvalue weighted by atomic mass is 32.1. The number of rotatable bonds is 6. The van der Waals surface area contributed by atoms with Crippen molar-refractivity contribution in [3.05, 3.63) is 35.3 Å². The standard InChI is InChI=1S/C14H16N2O3S/c1-18-12-6-4-3-5-11(12)16-14-15-10(9-20-14)7-8-13(17)19-2/h3-6,9H,7-8H2,1-2H3,(H,15,16). The van der Waals surface area contributed by atoms with Crippen LogP contribution in [0.25, 0.3) is 0 Å². The van der Waals surface area contributed by atoms with Gasteiger partial charge >= 0.3 is 5.97 Å². The topological polar surface area (TPSA) is 60.5 Å². The number of carbonyl (C=O) groups excluding carboxylic acids is 1. The number of esters is 1. The van der Waals surface area contributed by atoms with E-state index < -0.39 is 0 Å². The van der Waals surface area contributed by atoms with Gasteiger partial charge in [-0.25, -0.2) is 4.98 Å². The van der Waals surface area contributed by atoms with Crippen LogP contribution in [-0.2, 0) is 16.0 Å². The highest BCUT2D eigenvalue weighted by Crippen LogP contribution is 2.28. The number of benzene rings is 1. The van der Waals surface area contributed by atoms with E-state index in [-0.39, 0.29) is 5.97 Å². The molecule has 0 aliphatic carbocycles. The van der Waals surface area contributed by atoms with Gasteiger partial charge in [0.1, 0.15) is 5.75 Å². The van der Waals surface area contributed by atoms with Gasteiger partial charge in [-0.05, 0) is 12.1 Å². The summed E-state index contributed by atoms with van der Waals surface area (Å²) >= 11 is 1.49. The van der Waals surface area contributed by atoms with Gasteiger partial charge in [0, 0.05) is 11.8 Å². The predicted octanol–water partition coefficient (Wildman–Crippen LogP) is 3.00. The summed E-state index contributed by atoms with van der Waals surface area (Å²) in [6, 6.07) is 7.65. The Hall–Kier alpha value is -2.08. The van der Waals surface area contributed by atoms with E-state index in [0.717, 1.165) is 22.3 Å². The summed E-state index contributed by atoms with van der Waals surface area (Å²) in [5.41, 5.74) is 1.74. The lowest BCUT2D eigenvalue weighted by Crippen LogP contribution is -2.02. The summed E-state index contributed by atoms with van der Waals surface area (Å²) in [7, 11) is 3.02. The lowest BCUT2D eigenvalue weighted by atomic mass is 10.2. The Bertz CT molecular complexity index is 583. The number of methoxy groups -OCH3 is 2. The SMILES string of the molecule is COC(=O)CCc1csc(Nc2ccccc2OC)n1. The molecule has 0 radical (unpaired) electrons. The van der Waals surface area contributed by atoms with Crippen LogP contribution in [0.5, 0.6) is 5.75 Å². The molecule has 0 saturated carbocycles. The van der Waals surface area contributed by atoms with E-state index in [1.54, 1.807) is 7.11 Å². The van der Waals surface area contributed by atoms with Crippen LogP contribution in [0.1, 0.15) is 12.1 Å². The van der Waals surface area contributed by atoms with Crippen LogP contribution in [0, 0.1) is 0 Å². The van der Waals surface area contributed by atoms with Crippen LogP contribution in [-0.4, -0.2) is 25.2 Å². The largest absolute Gasteiger partial charge is 0.495 e. The molecule has 0 atom stereocenters. The lowest BCUT2D eigenvalue weighted by Gasteiger charge is -2.07. The van der Waals surface area contributed by atoms with Gasteiger partial charge in [0.25, 0.3) is 0 Å². The van der Waals surface area contributed by atoms with E-state index >= 15 is 0 Å². The van der Waals surface area contributed by atoms with Gasteiger partial charge in [-0.15, -0.1) is 11.3 Å². The molecular formula is C14H16N2O3S. The van der Waals surface area contributed by atoms with E-state index in [9.17, 15) is 4.79 Å². The van der Waals surface area contributed by atoms with Crippen molar-refractivity contribution in [3.8, 4) is 5.75 Å². The molecular weight excluding hydrogens is 276 g/mol. The quantitative estimate of drug-likeness (QED) is 0.829. The molecule has 0 amide bonds. The van der Waals surface area contributed by atoms with Gasteiger partial charge in [0.05, 0.1) is 32.0 Å². The molecule has 0 bridgehead atoms. The monoisotopic (exact) mass is 292 g/mol. The third-order valence-electron chi connectivity index (χ3n) is 2.71. The summed E-state index contributed by atoms with van der Waals surface area (Å²) in [5.74, 6) is 0.538. The molecule has 106 valence electrons. The molecule has 0 saturated heterocycles. The molecule has 1 aromatic carbocycles. The molecule has 20 heavy (non-hydrogen) atoms. The second-order valence-corrected chi connectivity index (χ2v) is 4.90. The van der Waals surface area contributed by atoms with Gasteiger partial charge in [-0.2, -0.15) is 0 Å². The molecule has 2 aromatic rings. The van der Waals surface area contributed by atoms with E-state index in [1.165, 1.54) is 18.4 Å². The fourth-order valence-corrected chi connectivity index (χ4v) is 2.43. The fourth-order valence-electron chi connectivity index (χ4n) is 1.67. The molecule has 0 aliphatic heterocycles. The van der Waals surface area contributed by atoms with Crippen LogP contribution >= 0.6 is 11.3 Å². The first-order valence-electron chi connectivity index (χ1n) is 6.14. The zero-order chi connectivity index (χ0) is 14.4.